The molecule has 2 aromatic heterocycles. The van der Waals surface area contributed by atoms with E-state index in [4.69, 9.17) is 10.0 Å². The number of rotatable bonds is 9. The second-order valence-electron chi connectivity index (χ2n) is 6.33. The zero-order valence-corrected chi connectivity index (χ0v) is 15.6. The summed E-state index contributed by atoms with van der Waals surface area (Å²) < 4.78 is 4.26. The second kappa shape index (κ2) is 10.6. The van der Waals surface area contributed by atoms with E-state index in [1.807, 2.05) is 79.4 Å². The molecule has 0 spiro atoms. The molecule has 2 heterocycles. The average molecular weight is 376 g/mol. The normalized spacial score (nSPS) is 11.3. The summed E-state index contributed by atoms with van der Waals surface area (Å²) in [5, 5.41) is 15.6. The monoisotopic (exact) mass is 376 g/mol. The maximum absolute atomic E-state index is 8.53. The number of aryl methyl sites for hydroxylation is 2. The smallest absolute Gasteiger partial charge is 0.169 e. The van der Waals surface area contributed by atoms with Crippen molar-refractivity contribution in [2.24, 2.45) is 10.3 Å². The Hall–Kier alpha value is -3.54. The minimum absolute atomic E-state index is 0.468. The molecule has 6 nitrogen and oxygen atoms in total. The van der Waals surface area contributed by atoms with Gasteiger partial charge in [0.05, 0.1) is 18.9 Å². The average Bonchev–Trinajstić information content (AvgIpc) is 2.74. The summed E-state index contributed by atoms with van der Waals surface area (Å²) in [5.74, 6) is 0. The number of aromatic nitrogens is 2. The number of hydrogen-bond donors (Lipinski definition) is 1. The first kappa shape index (κ1) is 19.2. The first-order chi connectivity index (χ1) is 13.8. The van der Waals surface area contributed by atoms with Gasteiger partial charge in [0.2, 0.25) is 0 Å². The van der Waals surface area contributed by atoms with E-state index in [0.717, 1.165) is 36.2 Å². The van der Waals surface area contributed by atoms with Crippen LogP contribution in [0.3, 0.4) is 0 Å². The summed E-state index contributed by atoms with van der Waals surface area (Å²) in [6.45, 7) is 2.31. The number of oxime groups is 2. The van der Waals surface area contributed by atoms with E-state index < -0.39 is 0 Å². The summed E-state index contributed by atoms with van der Waals surface area (Å²) in [6.07, 6.45) is 12.2. The van der Waals surface area contributed by atoms with E-state index >= 15 is 0 Å². The number of benzene rings is 1. The summed E-state index contributed by atoms with van der Waals surface area (Å²) in [7, 11) is 0. The Morgan fingerprint density at radius 3 is 1.93 bits per heavy atom. The topological polar surface area (TPSA) is 61.9 Å². The molecule has 0 unspecified atom stereocenters. The van der Waals surface area contributed by atoms with Gasteiger partial charge in [-0.2, -0.15) is 0 Å². The van der Waals surface area contributed by atoms with Gasteiger partial charge in [-0.25, -0.2) is 9.13 Å². The fraction of sp³-hybridized carbons (Fsp3) is 0.182. The molecule has 28 heavy (non-hydrogen) atoms. The Kier molecular flexibility index (Phi) is 7.26. The molecule has 0 fully saturated rings. The lowest BCUT2D eigenvalue weighted by molar-refractivity contribution is -0.726. The van der Waals surface area contributed by atoms with E-state index in [-0.39, 0.29) is 0 Å². The van der Waals surface area contributed by atoms with Crippen molar-refractivity contribution in [2.45, 2.75) is 26.1 Å². The van der Waals surface area contributed by atoms with Gasteiger partial charge in [0.25, 0.3) is 0 Å². The Bertz CT molecular complexity index is 892. The van der Waals surface area contributed by atoms with Gasteiger partial charge >= 0.3 is 0 Å². The van der Waals surface area contributed by atoms with Crippen molar-refractivity contribution in [2.75, 3.05) is 0 Å². The first-order valence-corrected chi connectivity index (χ1v) is 9.18. The van der Waals surface area contributed by atoms with Crippen LogP contribution in [-0.2, 0) is 24.5 Å². The Morgan fingerprint density at radius 2 is 1.36 bits per heavy atom. The summed E-state index contributed by atoms with van der Waals surface area (Å²) in [5.41, 5.74) is 2.97. The maximum Gasteiger partial charge on any atom is 0.169 e. The second-order valence-corrected chi connectivity index (χ2v) is 6.33. The molecule has 0 aliphatic rings. The molecule has 1 aromatic carbocycles. The van der Waals surface area contributed by atoms with Gasteiger partial charge in [0.1, 0.15) is 6.61 Å². The predicted octanol–water partition coefficient (Wildman–Crippen LogP) is 2.71. The van der Waals surface area contributed by atoms with Gasteiger partial charge in [-0.05, 0) is 5.56 Å². The van der Waals surface area contributed by atoms with Crippen LogP contribution in [-0.4, -0.2) is 17.6 Å². The Labute approximate surface area is 164 Å². The highest BCUT2D eigenvalue weighted by Gasteiger charge is 2.05. The van der Waals surface area contributed by atoms with Crippen LogP contribution in [0.4, 0.5) is 0 Å². The quantitative estimate of drug-likeness (QED) is 0.270. The van der Waals surface area contributed by atoms with Gasteiger partial charge in [0, 0.05) is 35.4 Å². The van der Waals surface area contributed by atoms with Crippen LogP contribution in [0.1, 0.15) is 23.1 Å². The molecule has 0 bridgehead atoms. The highest BCUT2D eigenvalue weighted by molar-refractivity contribution is 5.78. The van der Waals surface area contributed by atoms with Crippen molar-refractivity contribution in [1.82, 2.24) is 0 Å². The molecule has 3 rings (SSSR count). The molecule has 0 radical (unpaired) electrons. The molecule has 1 N–H and O–H groups in total. The largest absolute Gasteiger partial charge is 0.411 e. The molecule has 6 heteroatoms. The molecule has 142 valence electrons. The van der Waals surface area contributed by atoms with Crippen molar-refractivity contribution >= 4 is 12.4 Å². The Morgan fingerprint density at radius 1 is 0.786 bits per heavy atom. The number of pyridine rings is 2. The summed E-state index contributed by atoms with van der Waals surface area (Å²) in [6, 6.07) is 17.8. The van der Waals surface area contributed by atoms with E-state index in [0.29, 0.717) is 6.61 Å². The minimum atomic E-state index is 0.468. The molecule has 0 atom stereocenters. The Balaban J connectivity index is 1.40. The van der Waals surface area contributed by atoms with Crippen LogP contribution in [0.2, 0.25) is 0 Å². The molecular weight excluding hydrogens is 352 g/mol. The predicted molar refractivity (Wildman–Crippen MR) is 106 cm³/mol. The van der Waals surface area contributed by atoms with Gasteiger partial charge in [-0.15, -0.1) is 0 Å². The lowest BCUT2D eigenvalue weighted by atomic mass is 10.2. The third kappa shape index (κ3) is 6.32. The molecule has 0 aliphatic heterocycles. The fourth-order valence-electron chi connectivity index (χ4n) is 2.69. The molecular formula is C22H24N4O2+2. The van der Waals surface area contributed by atoms with E-state index in [1.165, 1.54) is 6.21 Å². The van der Waals surface area contributed by atoms with Crippen molar-refractivity contribution < 1.29 is 19.2 Å². The summed E-state index contributed by atoms with van der Waals surface area (Å²) in [4.78, 5) is 5.33. The highest BCUT2D eigenvalue weighted by Crippen LogP contribution is 2.01. The SMILES string of the molecule is ON=Cc1cc[n+](CCC[n+]2ccc(/C=N\OCc3ccccc3)cc2)cc1. The molecule has 0 amide bonds. The van der Waals surface area contributed by atoms with Crippen molar-refractivity contribution in [1.29, 1.82) is 0 Å². The third-order valence-corrected chi connectivity index (χ3v) is 4.22. The van der Waals surface area contributed by atoms with Crippen LogP contribution in [0.25, 0.3) is 0 Å². The van der Waals surface area contributed by atoms with Crippen LogP contribution < -0.4 is 9.13 Å². The van der Waals surface area contributed by atoms with Gasteiger partial charge in [-0.3, -0.25) is 0 Å². The zero-order chi connectivity index (χ0) is 19.4. The molecule has 0 aliphatic carbocycles. The lowest BCUT2D eigenvalue weighted by Gasteiger charge is -1.99. The van der Waals surface area contributed by atoms with Crippen LogP contribution >= 0.6 is 0 Å². The first-order valence-electron chi connectivity index (χ1n) is 9.18. The zero-order valence-electron chi connectivity index (χ0n) is 15.6. The standard InChI is InChI=1S/C22H23N4O2/c27-23-17-20-7-13-25(14-8-20)11-4-12-26-15-9-21(10-16-26)18-24-28-19-22-5-2-1-3-6-22/h1-3,5-10,13-18H,4,11-12,19H2/q+1/p+1/b24-18-. The maximum atomic E-state index is 8.53. The van der Waals surface area contributed by atoms with Gasteiger partial charge in [0.15, 0.2) is 37.9 Å². The van der Waals surface area contributed by atoms with Crippen LogP contribution in [0.5, 0.6) is 0 Å². The number of nitrogens with zero attached hydrogens (tertiary/aromatic N) is 4. The highest BCUT2D eigenvalue weighted by atomic mass is 16.6. The third-order valence-electron chi connectivity index (χ3n) is 4.22. The van der Waals surface area contributed by atoms with Gasteiger partial charge < -0.3 is 10.0 Å². The molecule has 0 saturated heterocycles. The lowest BCUT2D eigenvalue weighted by Crippen LogP contribution is -2.38. The number of hydrogen-bond acceptors (Lipinski definition) is 4. The van der Waals surface area contributed by atoms with Crippen LogP contribution in [0, 0.1) is 0 Å². The fourth-order valence-corrected chi connectivity index (χ4v) is 2.69. The van der Waals surface area contributed by atoms with Crippen molar-refractivity contribution in [3.8, 4) is 0 Å². The van der Waals surface area contributed by atoms with Crippen molar-refractivity contribution in [3.05, 3.63) is 96.1 Å². The van der Waals surface area contributed by atoms with E-state index in [1.54, 1.807) is 6.21 Å². The van der Waals surface area contributed by atoms with E-state index in [9.17, 15) is 0 Å². The van der Waals surface area contributed by atoms with Gasteiger partial charge in [-0.1, -0.05) is 40.6 Å². The van der Waals surface area contributed by atoms with Crippen LogP contribution in [0.15, 0.2) is 89.7 Å². The molecule has 3 aromatic rings. The van der Waals surface area contributed by atoms with Crippen molar-refractivity contribution in [3.63, 3.8) is 0 Å². The summed E-state index contributed by atoms with van der Waals surface area (Å²) >= 11 is 0. The molecule has 0 saturated carbocycles. The van der Waals surface area contributed by atoms with E-state index in [2.05, 4.69) is 19.4 Å². The minimum Gasteiger partial charge on any atom is -0.411 e.